The molecule has 1 spiro atoms. The molecule has 1 aromatic heterocycles. The first-order chi connectivity index (χ1) is 13.2. The number of benzene rings is 1. The summed E-state index contributed by atoms with van der Waals surface area (Å²) in [6.07, 6.45) is 4.64. The predicted molar refractivity (Wildman–Crippen MR) is 97.4 cm³/mol. The van der Waals surface area contributed by atoms with Crippen LogP contribution in [0.4, 0.5) is 10.1 Å². The van der Waals surface area contributed by atoms with E-state index in [4.69, 9.17) is 10.00 Å². The summed E-state index contributed by atoms with van der Waals surface area (Å²) in [5, 5.41) is 11.5. The van der Waals surface area contributed by atoms with Crippen molar-refractivity contribution in [2.24, 2.45) is 7.05 Å². The summed E-state index contributed by atoms with van der Waals surface area (Å²) in [6.45, 7) is 0.431. The maximum Gasteiger partial charge on any atom is 0.272 e. The molecule has 0 saturated carbocycles. The van der Waals surface area contributed by atoms with Crippen LogP contribution in [0.2, 0.25) is 0 Å². The molecule has 2 aliphatic rings. The van der Waals surface area contributed by atoms with Crippen molar-refractivity contribution >= 4 is 27.7 Å². The molecule has 1 saturated heterocycles. The van der Waals surface area contributed by atoms with E-state index >= 15 is 0 Å². The van der Waals surface area contributed by atoms with E-state index < -0.39 is 27.3 Å². The Hall–Kier alpha value is -3.00. The van der Waals surface area contributed by atoms with Gasteiger partial charge in [0.05, 0.1) is 24.3 Å². The second-order valence-electron chi connectivity index (χ2n) is 6.71. The molecular weight excluding hydrogens is 387 g/mol. The summed E-state index contributed by atoms with van der Waals surface area (Å²) in [5.74, 6) is -1.28. The number of anilines is 1. The molecule has 10 heteroatoms. The van der Waals surface area contributed by atoms with Gasteiger partial charge in [0.25, 0.3) is 5.91 Å². The van der Waals surface area contributed by atoms with E-state index in [1.165, 1.54) is 22.9 Å². The number of sulfonamides is 1. The fourth-order valence-electron chi connectivity index (χ4n) is 3.23. The number of rotatable bonds is 2. The van der Waals surface area contributed by atoms with Crippen LogP contribution in [-0.2, 0) is 21.8 Å². The van der Waals surface area contributed by atoms with Crippen LogP contribution < -0.4 is 10.0 Å². The third kappa shape index (κ3) is 2.90. The fraction of sp³-hybridized carbons (Fsp3) is 0.222. The number of carbonyl (C=O) groups excluding carboxylic acids is 1. The van der Waals surface area contributed by atoms with E-state index in [9.17, 15) is 17.6 Å². The van der Waals surface area contributed by atoms with Gasteiger partial charge in [-0.3, -0.25) is 4.79 Å². The minimum Gasteiger partial charge on any atom is -0.377 e. The Morgan fingerprint density at radius 1 is 1.43 bits per heavy atom. The minimum atomic E-state index is -3.86. The Bertz CT molecular complexity index is 1170. The highest BCUT2D eigenvalue weighted by molar-refractivity contribution is 7.89. The molecule has 8 nitrogen and oxygen atoms in total. The number of hydrogen-bond acceptors (Lipinski definition) is 5. The van der Waals surface area contributed by atoms with Crippen molar-refractivity contribution in [1.82, 2.24) is 9.29 Å². The number of ether oxygens (including phenoxy) is 1. The molecule has 2 aromatic rings. The Labute approximate surface area is 160 Å². The van der Waals surface area contributed by atoms with Crippen molar-refractivity contribution in [3.05, 3.63) is 53.1 Å². The zero-order valence-electron chi connectivity index (χ0n) is 14.7. The average Bonchev–Trinajstić information content (AvgIpc) is 2.90. The van der Waals surface area contributed by atoms with Crippen LogP contribution in [0, 0.1) is 17.1 Å². The van der Waals surface area contributed by atoms with Crippen molar-refractivity contribution in [3.63, 3.8) is 0 Å². The summed E-state index contributed by atoms with van der Waals surface area (Å²) in [6, 6.07) is 5.32. The van der Waals surface area contributed by atoms with Crippen molar-refractivity contribution in [2.45, 2.75) is 10.4 Å². The zero-order valence-corrected chi connectivity index (χ0v) is 15.5. The van der Waals surface area contributed by atoms with E-state index in [1.54, 1.807) is 25.3 Å². The van der Waals surface area contributed by atoms with Crippen LogP contribution in [0.1, 0.15) is 21.6 Å². The smallest absolute Gasteiger partial charge is 0.272 e. The van der Waals surface area contributed by atoms with Gasteiger partial charge in [-0.2, -0.15) is 9.98 Å². The van der Waals surface area contributed by atoms with Gasteiger partial charge in [0.1, 0.15) is 22.5 Å². The first-order valence-corrected chi connectivity index (χ1v) is 9.74. The number of fused-ring (bicyclic) bond motifs is 1. The SMILES string of the molecule is Cn1cc2c(c1C(=O)Nc1ccc(F)c(C#N)c1)C=CC1(COC1)NS2(=O)=O. The third-order valence-corrected chi connectivity index (χ3v) is 6.24. The molecular formula is C18H15FN4O4S. The quantitative estimate of drug-likeness (QED) is 0.788. The number of nitriles is 1. The Balaban J connectivity index is 1.74. The predicted octanol–water partition coefficient (Wildman–Crippen LogP) is 1.36. The van der Waals surface area contributed by atoms with Gasteiger partial charge in [0, 0.05) is 24.5 Å². The van der Waals surface area contributed by atoms with Crippen LogP contribution >= 0.6 is 0 Å². The monoisotopic (exact) mass is 402 g/mol. The maximum atomic E-state index is 13.5. The van der Waals surface area contributed by atoms with Crippen LogP contribution in [0.5, 0.6) is 0 Å². The van der Waals surface area contributed by atoms with Crippen molar-refractivity contribution < 1.29 is 22.3 Å². The number of carbonyl (C=O) groups is 1. The highest BCUT2D eigenvalue weighted by atomic mass is 32.2. The molecule has 0 unspecified atom stereocenters. The van der Waals surface area contributed by atoms with Crippen LogP contribution in [0.25, 0.3) is 6.08 Å². The number of halogens is 1. The number of nitrogens with one attached hydrogen (secondary N) is 2. The van der Waals surface area contributed by atoms with Crippen LogP contribution in [-0.4, -0.2) is 37.6 Å². The molecule has 0 aliphatic carbocycles. The lowest BCUT2D eigenvalue weighted by Gasteiger charge is -2.38. The molecule has 0 bridgehead atoms. The largest absolute Gasteiger partial charge is 0.377 e. The van der Waals surface area contributed by atoms with Gasteiger partial charge in [0.15, 0.2) is 0 Å². The van der Waals surface area contributed by atoms with Crippen molar-refractivity contribution in [2.75, 3.05) is 18.5 Å². The molecule has 1 amide bonds. The lowest BCUT2D eigenvalue weighted by molar-refractivity contribution is -0.0359. The molecule has 4 rings (SSSR count). The highest BCUT2D eigenvalue weighted by Gasteiger charge is 2.43. The van der Waals surface area contributed by atoms with E-state index in [-0.39, 0.29) is 40.6 Å². The number of nitrogens with zero attached hydrogens (tertiary/aromatic N) is 2. The van der Waals surface area contributed by atoms with Gasteiger partial charge < -0.3 is 14.6 Å². The number of aryl methyl sites for hydroxylation is 1. The normalized spacial score (nSPS) is 18.6. The van der Waals surface area contributed by atoms with E-state index in [0.29, 0.717) is 0 Å². The van der Waals surface area contributed by atoms with Crippen molar-refractivity contribution in [3.8, 4) is 6.07 Å². The molecule has 2 aliphatic heterocycles. The molecule has 144 valence electrons. The summed E-state index contributed by atoms with van der Waals surface area (Å²) in [5.41, 5.74) is -0.423. The van der Waals surface area contributed by atoms with Crippen LogP contribution in [0.15, 0.2) is 35.4 Å². The summed E-state index contributed by atoms with van der Waals surface area (Å²) in [7, 11) is -2.30. The summed E-state index contributed by atoms with van der Waals surface area (Å²) in [4.78, 5) is 12.8. The first-order valence-electron chi connectivity index (χ1n) is 8.26. The number of amides is 1. The van der Waals surface area contributed by atoms with Gasteiger partial charge in [-0.05, 0) is 18.2 Å². The van der Waals surface area contributed by atoms with Crippen molar-refractivity contribution in [1.29, 1.82) is 5.26 Å². The van der Waals surface area contributed by atoms with Gasteiger partial charge in [-0.15, -0.1) is 0 Å². The molecule has 1 fully saturated rings. The second-order valence-corrected chi connectivity index (χ2v) is 8.37. The number of aromatic nitrogens is 1. The lowest BCUT2D eigenvalue weighted by atomic mass is 9.97. The molecule has 0 atom stereocenters. The fourth-order valence-corrected chi connectivity index (χ4v) is 4.81. The van der Waals surface area contributed by atoms with E-state index in [0.717, 1.165) is 6.07 Å². The molecule has 2 N–H and O–H groups in total. The Morgan fingerprint density at radius 3 is 2.82 bits per heavy atom. The molecule has 28 heavy (non-hydrogen) atoms. The molecule has 3 heterocycles. The summed E-state index contributed by atoms with van der Waals surface area (Å²) < 4.78 is 48.1. The second kappa shape index (κ2) is 6.27. The topological polar surface area (TPSA) is 113 Å². The van der Waals surface area contributed by atoms with Gasteiger partial charge in [-0.25, -0.2) is 12.8 Å². The Morgan fingerprint density at radius 2 is 2.18 bits per heavy atom. The highest BCUT2D eigenvalue weighted by Crippen LogP contribution is 2.32. The summed E-state index contributed by atoms with van der Waals surface area (Å²) >= 11 is 0. The zero-order chi connectivity index (χ0) is 20.1. The number of hydrogen-bond donors (Lipinski definition) is 2. The minimum absolute atomic E-state index is 0.0167. The molecule has 1 aromatic carbocycles. The van der Waals surface area contributed by atoms with E-state index in [1.807, 2.05) is 0 Å². The standard InChI is InChI=1S/C18H15FN4O4S/c1-23-8-15-13(4-5-18(9-27-10-18)22-28(15,25)26)16(23)17(24)21-12-2-3-14(19)11(6-12)7-20/h2-6,8,22H,9-10H2,1H3,(H,21,24). The average molecular weight is 402 g/mol. The maximum absolute atomic E-state index is 13.5. The van der Waals surface area contributed by atoms with Crippen LogP contribution in [0.3, 0.4) is 0 Å². The first kappa shape index (κ1) is 18.4. The van der Waals surface area contributed by atoms with Gasteiger partial charge >= 0.3 is 0 Å². The third-order valence-electron chi connectivity index (χ3n) is 4.66. The van der Waals surface area contributed by atoms with E-state index in [2.05, 4.69) is 10.0 Å². The Kier molecular flexibility index (Phi) is 4.11. The van der Waals surface area contributed by atoms with Gasteiger partial charge in [-0.1, -0.05) is 12.2 Å². The molecule has 0 radical (unpaired) electrons. The van der Waals surface area contributed by atoms with Gasteiger partial charge in [0.2, 0.25) is 10.0 Å². The lowest BCUT2D eigenvalue weighted by Crippen LogP contribution is -2.60.